The summed E-state index contributed by atoms with van der Waals surface area (Å²) < 4.78 is 2.27. The van der Waals surface area contributed by atoms with Crippen LogP contribution in [0.15, 0.2) is 212 Å². The molecule has 302 valence electrons. The van der Waals surface area contributed by atoms with E-state index < -0.39 is 0 Å². The van der Waals surface area contributed by atoms with Gasteiger partial charge >= 0.3 is 0 Å². The Hall–Kier alpha value is -9.30. The van der Waals surface area contributed by atoms with Crippen molar-refractivity contribution in [2.24, 2.45) is 0 Å². The van der Waals surface area contributed by atoms with Gasteiger partial charge in [-0.15, -0.1) is 0 Å². The quantitative estimate of drug-likeness (QED) is 0.151. The van der Waals surface area contributed by atoms with Crippen molar-refractivity contribution in [1.29, 1.82) is 10.5 Å². The van der Waals surface area contributed by atoms with Crippen LogP contribution in [-0.4, -0.2) is 24.5 Å². The van der Waals surface area contributed by atoms with Crippen molar-refractivity contribution in [3.05, 3.63) is 223 Å². The van der Waals surface area contributed by atoms with Gasteiger partial charge in [-0.3, -0.25) is 0 Å². The predicted octanol–water partition coefficient (Wildman–Crippen LogP) is 13.8. The maximum absolute atomic E-state index is 10.1. The lowest BCUT2D eigenvalue weighted by atomic mass is 9.97. The molecule has 7 heteroatoms. The highest BCUT2D eigenvalue weighted by molar-refractivity contribution is 6.11. The van der Waals surface area contributed by atoms with Crippen molar-refractivity contribution < 1.29 is 0 Å². The standard InChI is InChI=1S/C58H35N7/c59-36-38-25-28-46(45(31-38)37-60)43-26-29-55-48(32-43)47-23-13-14-24-54(47)65(55)56-30-27-44(57-61-50(39-15-5-1-6-16-39)34-51(62-57)40-17-7-2-8-18-40)33-49(56)58-63-52(41-19-9-3-10-20-41)35-53(64-58)42-21-11-4-12-22-42/h1-35H. The Morgan fingerprint density at radius 3 is 1.37 bits per heavy atom. The summed E-state index contributed by atoms with van der Waals surface area (Å²) in [5.41, 5.74) is 14.1. The lowest BCUT2D eigenvalue weighted by molar-refractivity contribution is 1.13. The molecule has 0 aliphatic heterocycles. The number of hydrogen-bond donors (Lipinski definition) is 0. The van der Waals surface area contributed by atoms with Crippen LogP contribution in [0, 0.1) is 22.7 Å². The number of fused-ring (bicyclic) bond motifs is 3. The van der Waals surface area contributed by atoms with Crippen LogP contribution >= 0.6 is 0 Å². The summed E-state index contributed by atoms with van der Waals surface area (Å²) in [6.07, 6.45) is 0. The zero-order chi connectivity index (χ0) is 43.7. The summed E-state index contributed by atoms with van der Waals surface area (Å²) in [6.45, 7) is 0. The van der Waals surface area contributed by atoms with E-state index >= 15 is 0 Å². The van der Waals surface area contributed by atoms with E-state index in [2.05, 4.69) is 120 Å². The predicted molar refractivity (Wildman–Crippen MR) is 259 cm³/mol. The van der Waals surface area contributed by atoms with Gasteiger partial charge in [0.1, 0.15) is 0 Å². The summed E-state index contributed by atoms with van der Waals surface area (Å²) in [5.74, 6) is 1.12. The van der Waals surface area contributed by atoms with Crippen molar-refractivity contribution in [3.63, 3.8) is 0 Å². The van der Waals surface area contributed by atoms with Crippen LogP contribution in [0.3, 0.4) is 0 Å². The first-order chi connectivity index (χ1) is 32.1. The Balaban J connectivity index is 1.19. The fourth-order valence-electron chi connectivity index (χ4n) is 8.58. The van der Waals surface area contributed by atoms with Crippen molar-refractivity contribution in [2.45, 2.75) is 0 Å². The van der Waals surface area contributed by atoms with Crippen molar-refractivity contribution in [2.75, 3.05) is 0 Å². The van der Waals surface area contributed by atoms with Crippen LogP contribution in [0.25, 0.3) is 106 Å². The van der Waals surface area contributed by atoms with Crippen LogP contribution in [0.4, 0.5) is 0 Å². The summed E-state index contributed by atoms with van der Waals surface area (Å²) >= 11 is 0. The first-order valence-electron chi connectivity index (χ1n) is 21.2. The molecule has 0 unspecified atom stereocenters. The second-order valence-electron chi connectivity index (χ2n) is 15.7. The Labute approximate surface area is 375 Å². The lowest BCUT2D eigenvalue weighted by Gasteiger charge is -2.17. The number of nitrogens with zero attached hydrogens (tertiary/aromatic N) is 7. The highest BCUT2D eigenvalue weighted by atomic mass is 15.0. The molecule has 0 N–H and O–H groups in total. The summed E-state index contributed by atoms with van der Waals surface area (Å²) in [4.78, 5) is 21.2. The summed E-state index contributed by atoms with van der Waals surface area (Å²) in [6, 6.07) is 75.6. The molecule has 0 saturated heterocycles. The lowest BCUT2D eigenvalue weighted by Crippen LogP contribution is -2.03. The van der Waals surface area contributed by atoms with Gasteiger partial charge in [-0.2, -0.15) is 10.5 Å². The van der Waals surface area contributed by atoms with Gasteiger partial charge in [0, 0.05) is 44.2 Å². The van der Waals surface area contributed by atoms with Crippen LogP contribution in [-0.2, 0) is 0 Å². The third kappa shape index (κ3) is 7.26. The average molecular weight is 830 g/mol. The Bertz CT molecular complexity index is 3550. The fourth-order valence-corrected chi connectivity index (χ4v) is 8.58. The molecule has 11 rings (SSSR count). The smallest absolute Gasteiger partial charge is 0.162 e. The molecule has 0 bridgehead atoms. The molecule has 0 radical (unpaired) electrons. The van der Waals surface area contributed by atoms with E-state index in [4.69, 9.17) is 19.9 Å². The van der Waals surface area contributed by atoms with Gasteiger partial charge in [0.05, 0.1) is 62.8 Å². The third-order valence-electron chi connectivity index (χ3n) is 11.7. The van der Waals surface area contributed by atoms with Gasteiger partial charge in [0.25, 0.3) is 0 Å². The van der Waals surface area contributed by atoms with Gasteiger partial charge in [-0.05, 0) is 71.8 Å². The molecular formula is C58H35N7. The van der Waals surface area contributed by atoms with Crippen LogP contribution < -0.4 is 0 Å². The van der Waals surface area contributed by atoms with E-state index in [9.17, 15) is 10.5 Å². The Kier molecular flexibility index (Phi) is 9.82. The van der Waals surface area contributed by atoms with Crippen molar-refractivity contribution in [1.82, 2.24) is 24.5 Å². The molecule has 0 aliphatic rings. The molecule has 0 spiro atoms. The highest BCUT2D eigenvalue weighted by Crippen LogP contribution is 2.40. The minimum Gasteiger partial charge on any atom is -0.309 e. The fraction of sp³-hybridized carbons (Fsp3) is 0. The molecule has 11 aromatic rings. The van der Waals surface area contributed by atoms with Gasteiger partial charge in [-0.25, -0.2) is 19.9 Å². The van der Waals surface area contributed by atoms with E-state index in [-0.39, 0.29) is 0 Å². The van der Waals surface area contributed by atoms with E-state index in [0.29, 0.717) is 22.8 Å². The summed E-state index contributed by atoms with van der Waals surface area (Å²) in [5, 5.41) is 21.7. The van der Waals surface area contributed by atoms with Gasteiger partial charge in [-0.1, -0.05) is 152 Å². The molecule has 0 amide bonds. The second kappa shape index (κ2) is 16.5. The number of aromatic nitrogens is 5. The van der Waals surface area contributed by atoms with E-state index in [0.717, 1.165) is 94.8 Å². The molecule has 7 nitrogen and oxygen atoms in total. The van der Waals surface area contributed by atoms with Crippen molar-refractivity contribution >= 4 is 21.8 Å². The zero-order valence-corrected chi connectivity index (χ0v) is 34.8. The maximum Gasteiger partial charge on any atom is 0.162 e. The van der Waals surface area contributed by atoms with Crippen LogP contribution in [0.2, 0.25) is 0 Å². The third-order valence-corrected chi connectivity index (χ3v) is 11.7. The first-order valence-corrected chi connectivity index (χ1v) is 21.2. The van der Waals surface area contributed by atoms with Gasteiger partial charge in [0.15, 0.2) is 11.6 Å². The number of nitriles is 2. The molecular weight excluding hydrogens is 795 g/mol. The average Bonchev–Trinajstić information content (AvgIpc) is 3.72. The van der Waals surface area contributed by atoms with Crippen LogP contribution in [0.1, 0.15) is 11.1 Å². The van der Waals surface area contributed by atoms with Crippen LogP contribution in [0.5, 0.6) is 0 Å². The molecule has 0 atom stereocenters. The SMILES string of the molecule is N#Cc1ccc(-c2ccc3c(c2)c2ccccc2n3-c2ccc(-c3nc(-c4ccccc4)cc(-c4ccccc4)n3)cc2-c2nc(-c3ccccc3)cc(-c3ccccc3)n2)c(C#N)c1. The topological polar surface area (TPSA) is 104 Å². The minimum atomic E-state index is 0.446. The Morgan fingerprint density at radius 1 is 0.338 bits per heavy atom. The van der Waals surface area contributed by atoms with E-state index in [1.165, 1.54) is 0 Å². The zero-order valence-electron chi connectivity index (χ0n) is 34.8. The maximum atomic E-state index is 10.1. The molecule has 8 aromatic carbocycles. The number of hydrogen-bond acceptors (Lipinski definition) is 6. The second-order valence-corrected chi connectivity index (χ2v) is 15.7. The number of para-hydroxylation sites is 1. The number of rotatable bonds is 8. The summed E-state index contributed by atoms with van der Waals surface area (Å²) in [7, 11) is 0. The molecule has 3 aromatic heterocycles. The van der Waals surface area contributed by atoms with Gasteiger partial charge < -0.3 is 4.57 Å². The van der Waals surface area contributed by atoms with E-state index in [1.807, 2.05) is 97.1 Å². The molecule has 0 saturated carbocycles. The number of benzene rings is 8. The highest BCUT2D eigenvalue weighted by Gasteiger charge is 2.22. The van der Waals surface area contributed by atoms with Crippen molar-refractivity contribution in [3.8, 4) is 96.8 Å². The molecule has 65 heavy (non-hydrogen) atoms. The Morgan fingerprint density at radius 2 is 0.831 bits per heavy atom. The largest absolute Gasteiger partial charge is 0.309 e. The van der Waals surface area contributed by atoms with Gasteiger partial charge in [0.2, 0.25) is 0 Å². The van der Waals surface area contributed by atoms with E-state index in [1.54, 1.807) is 12.1 Å². The monoisotopic (exact) mass is 829 g/mol. The molecule has 3 heterocycles. The molecule has 0 fully saturated rings. The normalized spacial score (nSPS) is 11.0. The molecule has 0 aliphatic carbocycles. The first kappa shape index (κ1) is 38.6. The minimum absolute atomic E-state index is 0.446.